The van der Waals surface area contributed by atoms with Crippen molar-refractivity contribution in [1.29, 1.82) is 0 Å². The third-order valence-corrected chi connectivity index (χ3v) is 3.73. The van der Waals surface area contributed by atoms with E-state index in [0.717, 1.165) is 38.5 Å². The topological polar surface area (TPSA) is 77.8 Å². The smallest absolute Gasteiger partial charge is 0.303 e. The molecule has 0 radical (unpaired) electrons. The number of hydrogen-bond acceptors (Lipinski definition) is 3. The predicted octanol–water partition coefficient (Wildman–Crippen LogP) is 4.38. The van der Waals surface area contributed by atoms with Gasteiger partial charge in [-0.15, -0.1) is 0 Å². The molecule has 3 N–H and O–H groups in total. The largest absolute Gasteiger partial charge is 0.481 e. The molecule has 0 aliphatic heterocycles. The maximum absolute atomic E-state index is 10.3. The molecule has 0 aromatic rings. The van der Waals surface area contributed by atoms with E-state index >= 15 is 0 Å². The molecule has 0 aromatic heterocycles. The van der Waals surface area contributed by atoms with Crippen molar-refractivity contribution in [3.05, 3.63) is 36.5 Å². The van der Waals surface area contributed by atoms with E-state index in [1.807, 2.05) is 24.3 Å². The molecule has 2 atom stereocenters. The Kier molecular flexibility index (Phi) is 15.5. The van der Waals surface area contributed by atoms with Crippen LogP contribution >= 0.6 is 0 Å². The maximum atomic E-state index is 10.3. The SMILES string of the molecule is CCCCC[C@H](O)[C@@H](O)C/C=C\C/C=C\C/C=C\CCCC(=O)O. The van der Waals surface area contributed by atoms with E-state index in [9.17, 15) is 15.0 Å². The van der Waals surface area contributed by atoms with E-state index in [1.165, 1.54) is 0 Å². The molecule has 0 aliphatic rings. The van der Waals surface area contributed by atoms with Crippen molar-refractivity contribution < 1.29 is 20.1 Å². The lowest BCUT2D eigenvalue weighted by molar-refractivity contribution is -0.137. The van der Waals surface area contributed by atoms with E-state index < -0.39 is 18.2 Å². The van der Waals surface area contributed by atoms with Gasteiger partial charge < -0.3 is 15.3 Å². The van der Waals surface area contributed by atoms with Gasteiger partial charge in [0.05, 0.1) is 12.2 Å². The maximum Gasteiger partial charge on any atom is 0.303 e. The molecule has 4 heteroatoms. The zero-order valence-electron chi connectivity index (χ0n) is 14.9. The molecule has 0 saturated carbocycles. The second-order valence-corrected chi connectivity index (χ2v) is 6.04. The number of rotatable bonds is 15. The van der Waals surface area contributed by atoms with E-state index in [1.54, 1.807) is 0 Å². The molecule has 0 heterocycles. The number of aliphatic hydroxyl groups excluding tert-OH is 2. The van der Waals surface area contributed by atoms with Gasteiger partial charge in [0.1, 0.15) is 0 Å². The number of aliphatic hydroxyl groups is 2. The van der Waals surface area contributed by atoms with Crippen molar-refractivity contribution >= 4 is 5.97 Å². The fraction of sp³-hybridized carbons (Fsp3) is 0.650. The number of unbranched alkanes of at least 4 members (excludes halogenated alkanes) is 3. The van der Waals surface area contributed by atoms with Crippen LogP contribution in [0.15, 0.2) is 36.5 Å². The highest BCUT2D eigenvalue weighted by atomic mass is 16.4. The fourth-order valence-corrected chi connectivity index (χ4v) is 2.22. The van der Waals surface area contributed by atoms with Crippen LogP contribution in [0.25, 0.3) is 0 Å². The summed E-state index contributed by atoms with van der Waals surface area (Å²) in [7, 11) is 0. The summed E-state index contributed by atoms with van der Waals surface area (Å²) in [6.45, 7) is 2.12. The number of allylic oxidation sites excluding steroid dienone is 5. The normalized spacial score (nSPS) is 14.8. The Morgan fingerprint density at radius 1 is 0.875 bits per heavy atom. The Morgan fingerprint density at radius 3 is 2.12 bits per heavy atom. The van der Waals surface area contributed by atoms with Gasteiger partial charge in [0.25, 0.3) is 0 Å². The second-order valence-electron chi connectivity index (χ2n) is 6.04. The molecule has 0 amide bonds. The van der Waals surface area contributed by atoms with Crippen LogP contribution < -0.4 is 0 Å². The summed E-state index contributed by atoms with van der Waals surface area (Å²) in [5.74, 6) is -0.742. The van der Waals surface area contributed by atoms with Crippen molar-refractivity contribution in [1.82, 2.24) is 0 Å². The molecule has 0 aromatic carbocycles. The Labute approximate surface area is 146 Å². The predicted molar refractivity (Wildman–Crippen MR) is 98.9 cm³/mol. The molecular weight excluding hydrogens is 304 g/mol. The van der Waals surface area contributed by atoms with Crippen LogP contribution in [0.1, 0.15) is 71.1 Å². The van der Waals surface area contributed by atoms with E-state index in [0.29, 0.717) is 19.3 Å². The Balaban J connectivity index is 3.62. The van der Waals surface area contributed by atoms with Gasteiger partial charge in [-0.25, -0.2) is 0 Å². The Morgan fingerprint density at radius 2 is 1.50 bits per heavy atom. The lowest BCUT2D eigenvalue weighted by Gasteiger charge is -2.15. The molecule has 0 unspecified atom stereocenters. The highest BCUT2D eigenvalue weighted by molar-refractivity contribution is 5.66. The van der Waals surface area contributed by atoms with Crippen LogP contribution in [0.4, 0.5) is 0 Å². The van der Waals surface area contributed by atoms with Crippen molar-refractivity contribution in [3.8, 4) is 0 Å². The molecule has 0 rings (SSSR count). The molecule has 0 spiro atoms. The van der Waals surface area contributed by atoms with Crippen molar-refractivity contribution in [2.24, 2.45) is 0 Å². The third-order valence-electron chi connectivity index (χ3n) is 3.73. The summed E-state index contributed by atoms with van der Waals surface area (Å²) >= 11 is 0. The van der Waals surface area contributed by atoms with Gasteiger partial charge in [-0.2, -0.15) is 0 Å². The van der Waals surface area contributed by atoms with Crippen LogP contribution in [-0.2, 0) is 4.79 Å². The van der Waals surface area contributed by atoms with Gasteiger partial charge in [-0.05, 0) is 38.5 Å². The summed E-state index contributed by atoms with van der Waals surface area (Å²) in [6.07, 6.45) is 18.5. The van der Waals surface area contributed by atoms with E-state index in [4.69, 9.17) is 5.11 Å². The lowest BCUT2D eigenvalue weighted by Crippen LogP contribution is -2.25. The van der Waals surface area contributed by atoms with Gasteiger partial charge in [-0.1, -0.05) is 62.6 Å². The Hall–Kier alpha value is -1.39. The summed E-state index contributed by atoms with van der Waals surface area (Å²) in [5, 5.41) is 28.1. The summed E-state index contributed by atoms with van der Waals surface area (Å²) < 4.78 is 0. The van der Waals surface area contributed by atoms with Gasteiger partial charge >= 0.3 is 5.97 Å². The van der Waals surface area contributed by atoms with Crippen LogP contribution in [0.3, 0.4) is 0 Å². The second kappa shape index (κ2) is 16.5. The van der Waals surface area contributed by atoms with E-state index in [2.05, 4.69) is 19.1 Å². The molecular formula is C20H34O4. The minimum absolute atomic E-state index is 0.226. The number of hydrogen-bond donors (Lipinski definition) is 3. The van der Waals surface area contributed by atoms with Crippen molar-refractivity contribution in [2.45, 2.75) is 83.3 Å². The Bertz CT molecular complexity index is 385. The molecule has 138 valence electrons. The number of carbonyl (C=O) groups is 1. The molecule has 0 bridgehead atoms. The van der Waals surface area contributed by atoms with Crippen molar-refractivity contribution in [3.63, 3.8) is 0 Å². The van der Waals surface area contributed by atoms with Crippen LogP contribution in [0, 0.1) is 0 Å². The monoisotopic (exact) mass is 338 g/mol. The standard InChI is InChI=1S/C20H34O4/c1-2-3-12-15-18(21)19(22)16-13-10-8-6-4-5-7-9-11-14-17-20(23)24/h4,6-7,9-10,13,18-19,21-22H,2-3,5,8,11-12,14-17H2,1H3,(H,23,24)/b6-4-,9-7-,13-10-/t18-,19-/m0/s1. The molecule has 0 fully saturated rings. The van der Waals surface area contributed by atoms with Gasteiger partial charge in [0.15, 0.2) is 0 Å². The van der Waals surface area contributed by atoms with Gasteiger partial charge in [-0.3, -0.25) is 4.79 Å². The van der Waals surface area contributed by atoms with Gasteiger partial charge in [0, 0.05) is 6.42 Å². The number of aliphatic carboxylic acids is 1. The van der Waals surface area contributed by atoms with Crippen LogP contribution in [0.2, 0.25) is 0 Å². The molecule has 4 nitrogen and oxygen atoms in total. The first-order chi connectivity index (χ1) is 11.6. The van der Waals surface area contributed by atoms with Crippen LogP contribution in [0.5, 0.6) is 0 Å². The fourth-order valence-electron chi connectivity index (χ4n) is 2.22. The summed E-state index contributed by atoms with van der Waals surface area (Å²) in [4.78, 5) is 10.3. The first kappa shape index (κ1) is 22.6. The first-order valence-corrected chi connectivity index (χ1v) is 9.10. The third kappa shape index (κ3) is 15.5. The minimum atomic E-state index is -0.742. The number of carboxylic acids is 1. The minimum Gasteiger partial charge on any atom is -0.481 e. The number of carboxylic acid groups (broad SMARTS) is 1. The van der Waals surface area contributed by atoms with Crippen LogP contribution in [-0.4, -0.2) is 33.5 Å². The zero-order chi connectivity index (χ0) is 18.0. The highest BCUT2D eigenvalue weighted by Gasteiger charge is 2.13. The average molecular weight is 338 g/mol. The average Bonchev–Trinajstić information content (AvgIpc) is 2.55. The van der Waals surface area contributed by atoms with Crippen molar-refractivity contribution in [2.75, 3.05) is 0 Å². The molecule has 0 saturated heterocycles. The lowest BCUT2D eigenvalue weighted by atomic mass is 10.0. The zero-order valence-corrected chi connectivity index (χ0v) is 14.9. The quantitative estimate of drug-likeness (QED) is 0.306. The summed E-state index contributed by atoms with van der Waals surface area (Å²) in [6, 6.07) is 0. The first-order valence-electron chi connectivity index (χ1n) is 9.10. The van der Waals surface area contributed by atoms with Gasteiger partial charge in [0.2, 0.25) is 0 Å². The molecule has 24 heavy (non-hydrogen) atoms. The highest BCUT2D eigenvalue weighted by Crippen LogP contribution is 2.10. The van der Waals surface area contributed by atoms with E-state index in [-0.39, 0.29) is 6.42 Å². The summed E-state index contributed by atoms with van der Waals surface area (Å²) in [5.41, 5.74) is 0. The molecule has 0 aliphatic carbocycles.